The monoisotopic (exact) mass is 337 g/mol. The van der Waals surface area contributed by atoms with Crippen molar-refractivity contribution in [1.29, 1.82) is 0 Å². The van der Waals surface area contributed by atoms with Crippen molar-refractivity contribution in [2.24, 2.45) is 0 Å². The summed E-state index contributed by atoms with van der Waals surface area (Å²) in [7, 11) is 0. The predicted molar refractivity (Wildman–Crippen MR) is 105 cm³/mol. The summed E-state index contributed by atoms with van der Waals surface area (Å²) in [5.41, 5.74) is 4.93. The second-order valence-electron chi connectivity index (χ2n) is 7.12. The molecule has 1 aromatic heterocycles. The number of benzene rings is 2. The molecule has 3 aromatic rings. The average Bonchev–Trinajstić information content (AvgIpc) is 2.95. The van der Waals surface area contributed by atoms with Gasteiger partial charge in [-0.1, -0.05) is 45.5 Å². The SMILES string of the molecule is C=C(O)CSc1ccc2[nH]c(-c3cccc(C(C)(C)C)c3)cc2c1. The summed E-state index contributed by atoms with van der Waals surface area (Å²) in [6.45, 7) is 10.2. The Kier molecular flexibility index (Phi) is 4.46. The second-order valence-corrected chi connectivity index (χ2v) is 8.17. The minimum Gasteiger partial charge on any atom is -0.512 e. The smallest absolute Gasteiger partial charge is 0.0953 e. The molecule has 124 valence electrons. The molecule has 0 saturated carbocycles. The predicted octanol–water partition coefficient (Wildman–Crippen LogP) is 6.30. The van der Waals surface area contributed by atoms with Crippen LogP contribution in [0.15, 0.2) is 65.8 Å². The number of aromatic nitrogens is 1. The first-order valence-electron chi connectivity index (χ1n) is 8.06. The highest BCUT2D eigenvalue weighted by Gasteiger charge is 2.14. The van der Waals surface area contributed by atoms with Gasteiger partial charge in [0.1, 0.15) is 0 Å². The van der Waals surface area contributed by atoms with E-state index in [1.807, 2.05) is 0 Å². The number of nitrogens with one attached hydrogen (secondary N) is 1. The molecular formula is C21H23NOS. The van der Waals surface area contributed by atoms with Crippen molar-refractivity contribution in [3.8, 4) is 11.3 Å². The summed E-state index contributed by atoms with van der Waals surface area (Å²) in [5.74, 6) is 0.727. The van der Waals surface area contributed by atoms with Crippen LogP contribution in [-0.2, 0) is 5.41 Å². The van der Waals surface area contributed by atoms with Crippen LogP contribution in [0.1, 0.15) is 26.3 Å². The number of aliphatic hydroxyl groups excluding tert-OH is 1. The molecule has 0 unspecified atom stereocenters. The Hall–Kier alpha value is -2.13. The second kappa shape index (κ2) is 6.40. The van der Waals surface area contributed by atoms with Gasteiger partial charge in [-0.15, -0.1) is 11.8 Å². The summed E-state index contributed by atoms with van der Waals surface area (Å²) in [5, 5.41) is 10.4. The van der Waals surface area contributed by atoms with Gasteiger partial charge in [-0.25, -0.2) is 0 Å². The Morgan fingerprint density at radius 3 is 2.62 bits per heavy atom. The molecule has 0 aliphatic rings. The van der Waals surface area contributed by atoms with Crippen LogP contribution in [0.2, 0.25) is 0 Å². The first-order chi connectivity index (χ1) is 11.3. The molecule has 2 nitrogen and oxygen atoms in total. The molecule has 0 atom stereocenters. The fraction of sp³-hybridized carbons (Fsp3) is 0.238. The van der Waals surface area contributed by atoms with Crippen molar-refractivity contribution in [1.82, 2.24) is 4.98 Å². The number of rotatable bonds is 4. The van der Waals surface area contributed by atoms with Crippen molar-refractivity contribution < 1.29 is 5.11 Å². The molecule has 3 rings (SSSR count). The van der Waals surface area contributed by atoms with Crippen molar-refractivity contribution in [3.05, 3.63) is 66.4 Å². The molecule has 2 N–H and O–H groups in total. The van der Waals surface area contributed by atoms with Gasteiger partial charge >= 0.3 is 0 Å². The highest BCUT2D eigenvalue weighted by atomic mass is 32.2. The van der Waals surface area contributed by atoms with Crippen LogP contribution in [-0.4, -0.2) is 15.8 Å². The van der Waals surface area contributed by atoms with E-state index in [-0.39, 0.29) is 11.2 Å². The lowest BCUT2D eigenvalue weighted by Gasteiger charge is -2.19. The Morgan fingerprint density at radius 1 is 1.12 bits per heavy atom. The lowest BCUT2D eigenvalue weighted by Crippen LogP contribution is -2.10. The van der Waals surface area contributed by atoms with Gasteiger partial charge in [0.15, 0.2) is 0 Å². The van der Waals surface area contributed by atoms with Gasteiger partial charge in [-0.3, -0.25) is 0 Å². The van der Waals surface area contributed by atoms with Crippen molar-refractivity contribution >= 4 is 22.7 Å². The fourth-order valence-electron chi connectivity index (χ4n) is 2.68. The maximum atomic E-state index is 9.25. The zero-order valence-corrected chi connectivity index (χ0v) is 15.2. The number of aliphatic hydroxyl groups is 1. The van der Waals surface area contributed by atoms with Crippen molar-refractivity contribution in [2.75, 3.05) is 5.75 Å². The van der Waals surface area contributed by atoms with E-state index in [0.717, 1.165) is 16.1 Å². The maximum Gasteiger partial charge on any atom is 0.0953 e. The molecule has 0 bridgehead atoms. The lowest BCUT2D eigenvalue weighted by molar-refractivity contribution is 0.420. The molecule has 0 aliphatic carbocycles. The molecule has 0 spiro atoms. The van der Waals surface area contributed by atoms with Crippen LogP contribution < -0.4 is 0 Å². The Balaban J connectivity index is 1.95. The average molecular weight is 337 g/mol. The zero-order chi connectivity index (χ0) is 17.3. The van der Waals surface area contributed by atoms with Gasteiger partial charge in [-0.05, 0) is 46.9 Å². The van der Waals surface area contributed by atoms with Crippen LogP contribution in [0.5, 0.6) is 0 Å². The maximum absolute atomic E-state index is 9.25. The molecule has 0 amide bonds. The first-order valence-corrected chi connectivity index (χ1v) is 9.05. The fourth-order valence-corrected chi connectivity index (χ4v) is 3.38. The summed E-state index contributed by atoms with van der Waals surface area (Å²) < 4.78 is 0. The quantitative estimate of drug-likeness (QED) is 0.433. The van der Waals surface area contributed by atoms with E-state index in [2.05, 4.69) is 80.9 Å². The van der Waals surface area contributed by atoms with Crippen molar-refractivity contribution in [2.45, 2.75) is 31.1 Å². The molecule has 1 heterocycles. The van der Waals surface area contributed by atoms with Gasteiger partial charge in [0.2, 0.25) is 0 Å². The molecule has 0 fully saturated rings. The summed E-state index contributed by atoms with van der Waals surface area (Å²) >= 11 is 1.59. The van der Waals surface area contributed by atoms with E-state index in [4.69, 9.17) is 0 Å². The van der Waals surface area contributed by atoms with Crippen molar-refractivity contribution in [3.63, 3.8) is 0 Å². The zero-order valence-electron chi connectivity index (χ0n) is 14.4. The minimum absolute atomic E-state index is 0.137. The Morgan fingerprint density at radius 2 is 1.92 bits per heavy atom. The topological polar surface area (TPSA) is 36.0 Å². The lowest BCUT2D eigenvalue weighted by atomic mass is 9.86. The number of thioether (sulfide) groups is 1. The third-order valence-electron chi connectivity index (χ3n) is 4.04. The Labute approximate surface area is 147 Å². The molecule has 2 aromatic carbocycles. The number of aromatic amines is 1. The van der Waals surface area contributed by atoms with Crippen LogP contribution in [0.3, 0.4) is 0 Å². The normalized spacial score (nSPS) is 11.8. The highest BCUT2D eigenvalue weighted by molar-refractivity contribution is 7.99. The van der Waals surface area contributed by atoms with E-state index in [1.165, 1.54) is 16.5 Å². The van der Waals surface area contributed by atoms with Crippen LogP contribution >= 0.6 is 11.8 Å². The summed E-state index contributed by atoms with van der Waals surface area (Å²) in [6.07, 6.45) is 0. The van der Waals surface area contributed by atoms with E-state index in [9.17, 15) is 5.11 Å². The first kappa shape index (κ1) is 16.7. The number of H-pyrrole nitrogens is 1. The Bertz CT molecular complexity index is 886. The minimum atomic E-state index is 0.137. The van der Waals surface area contributed by atoms with E-state index >= 15 is 0 Å². The van der Waals surface area contributed by atoms with Gasteiger partial charge in [-0.2, -0.15) is 0 Å². The number of fused-ring (bicyclic) bond motifs is 1. The highest BCUT2D eigenvalue weighted by Crippen LogP contribution is 2.31. The molecule has 0 saturated heterocycles. The van der Waals surface area contributed by atoms with Crippen LogP contribution in [0.25, 0.3) is 22.2 Å². The third-order valence-corrected chi connectivity index (χ3v) is 5.10. The van der Waals surface area contributed by atoms with E-state index in [0.29, 0.717) is 5.75 Å². The number of hydrogen-bond acceptors (Lipinski definition) is 2. The third kappa shape index (κ3) is 3.68. The summed E-state index contributed by atoms with van der Waals surface area (Å²) in [6, 6.07) is 17.2. The summed E-state index contributed by atoms with van der Waals surface area (Å²) in [4.78, 5) is 4.64. The van der Waals surface area contributed by atoms with Crippen LogP contribution in [0.4, 0.5) is 0 Å². The standard InChI is InChI=1S/C21H23NOS/c1-14(23)13-24-18-8-9-19-16(11-18)12-20(22-19)15-6-5-7-17(10-15)21(2,3)4/h5-12,22-23H,1,13H2,2-4H3. The largest absolute Gasteiger partial charge is 0.512 e. The molecule has 24 heavy (non-hydrogen) atoms. The van der Waals surface area contributed by atoms with Gasteiger partial charge in [0, 0.05) is 21.5 Å². The molecule has 3 heteroatoms. The van der Waals surface area contributed by atoms with Crippen LogP contribution in [0, 0.1) is 0 Å². The van der Waals surface area contributed by atoms with E-state index in [1.54, 1.807) is 11.8 Å². The van der Waals surface area contributed by atoms with E-state index < -0.39 is 0 Å². The van der Waals surface area contributed by atoms with Gasteiger partial charge in [0.05, 0.1) is 11.5 Å². The molecular weight excluding hydrogens is 314 g/mol. The van der Waals surface area contributed by atoms with Gasteiger partial charge in [0.25, 0.3) is 0 Å². The molecule has 0 aliphatic heterocycles. The number of hydrogen-bond donors (Lipinski definition) is 2. The molecule has 0 radical (unpaired) electrons. The van der Waals surface area contributed by atoms with Gasteiger partial charge < -0.3 is 10.1 Å².